The smallest absolute Gasteiger partial charge is 0.406 e. The topological polar surface area (TPSA) is 168 Å². The lowest BCUT2D eigenvalue weighted by Crippen LogP contribution is -2.46. The van der Waals surface area contributed by atoms with Gasteiger partial charge in [-0.1, -0.05) is 29.3 Å². The molecule has 0 spiro atoms. The number of carbonyl (C=O) groups excluding carboxylic acids is 1. The average Bonchev–Trinajstić information content (AvgIpc) is 3.87. The van der Waals surface area contributed by atoms with Gasteiger partial charge in [-0.05, 0) is 93.4 Å². The molecule has 0 radical (unpaired) electrons. The number of nitrogens with one attached hydrogen (secondary N) is 3. The van der Waals surface area contributed by atoms with E-state index in [4.69, 9.17) is 28.2 Å². The Kier molecular flexibility index (Phi) is 18.5. The average molecular weight is 987 g/mol. The third-order valence-electron chi connectivity index (χ3n) is 11.4. The number of amides is 1. The Morgan fingerprint density at radius 3 is 2.38 bits per heavy atom. The lowest BCUT2D eigenvalue weighted by Gasteiger charge is -2.33. The molecule has 1 aliphatic heterocycles. The number of hydrogen-bond donors (Lipinski definition) is 3. The number of likely N-dealkylation sites (tertiary alicyclic amines) is 1. The lowest BCUT2D eigenvalue weighted by atomic mass is 10.0. The number of pyridine rings is 1. The van der Waals surface area contributed by atoms with Crippen LogP contribution in [-0.2, 0) is 32.1 Å². The SMILES string of the molecule is Cc1noc(C)c1-c1ccc(=O)n(Cc2cccc(OCC(=O)NCCOCCOCCOCCOc3ccc(NCC#Cc4nc5c(N[C@@H]6CCN(C)C[C@@H]6F)cccc5n4CC(F)(F)F)cc3)c2)c1. The zero-order chi connectivity index (χ0) is 50.2. The monoisotopic (exact) mass is 986 g/mol. The van der Waals surface area contributed by atoms with Gasteiger partial charge in [-0.15, -0.1) is 0 Å². The van der Waals surface area contributed by atoms with E-state index < -0.39 is 24.9 Å². The van der Waals surface area contributed by atoms with Crippen molar-refractivity contribution >= 4 is 28.3 Å². The summed E-state index contributed by atoms with van der Waals surface area (Å²) in [7, 11) is 1.85. The number of fused-ring (bicyclic) bond motifs is 1. The van der Waals surface area contributed by atoms with Crippen LogP contribution < -0.4 is 31.0 Å². The molecule has 71 heavy (non-hydrogen) atoms. The Labute approximate surface area is 408 Å². The maximum atomic E-state index is 14.8. The van der Waals surface area contributed by atoms with E-state index >= 15 is 0 Å². The van der Waals surface area contributed by atoms with Gasteiger partial charge in [0.1, 0.15) is 42.1 Å². The molecule has 7 rings (SSSR count). The number of para-hydroxylation sites is 1. The number of nitrogens with zero attached hydrogens (tertiary/aromatic N) is 5. The van der Waals surface area contributed by atoms with E-state index in [2.05, 4.69) is 37.9 Å². The van der Waals surface area contributed by atoms with Crippen LogP contribution >= 0.6 is 0 Å². The lowest BCUT2D eigenvalue weighted by molar-refractivity contribution is -0.140. The number of hydrogen-bond acceptors (Lipinski definition) is 13. The molecule has 3 aromatic heterocycles. The van der Waals surface area contributed by atoms with Crippen molar-refractivity contribution in [1.82, 2.24) is 29.5 Å². The molecule has 1 saturated heterocycles. The van der Waals surface area contributed by atoms with Crippen molar-refractivity contribution in [3.8, 4) is 34.5 Å². The maximum Gasteiger partial charge on any atom is 0.406 e. The number of aryl methyl sites for hydroxylation is 2. The summed E-state index contributed by atoms with van der Waals surface area (Å²) in [5, 5.41) is 13.1. The van der Waals surface area contributed by atoms with E-state index in [-0.39, 0.29) is 42.5 Å². The molecule has 16 nitrogen and oxygen atoms in total. The van der Waals surface area contributed by atoms with Gasteiger partial charge in [-0.3, -0.25) is 9.59 Å². The molecule has 0 unspecified atom stereocenters. The summed E-state index contributed by atoms with van der Waals surface area (Å²) in [6.07, 6.45) is -3.30. The molecule has 4 heterocycles. The van der Waals surface area contributed by atoms with E-state index in [0.29, 0.717) is 101 Å². The number of rotatable bonds is 24. The molecule has 3 aromatic carbocycles. The third kappa shape index (κ3) is 15.5. The summed E-state index contributed by atoms with van der Waals surface area (Å²) in [5.41, 5.74) is 4.88. The number of ether oxygens (including phenoxy) is 5. The Bertz CT molecular complexity index is 2780. The first-order valence-corrected chi connectivity index (χ1v) is 23.3. The molecule has 0 saturated carbocycles. The number of benzene rings is 3. The Morgan fingerprint density at radius 1 is 0.901 bits per heavy atom. The molecule has 20 heteroatoms. The minimum atomic E-state index is -4.50. The molecular formula is C51H58F4N8O8. The highest BCUT2D eigenvalue weighted by atomic mass is 19.4. The van der Waals surface area contributed by atoms with Crippen LogP contribution in [0.1, 0.15) is 29.3 Å². The van der Waals surface area contributed by atoms with Gasteiger partial charge in [0.25, 0.3) is 11.5 Å². The second-order valence-corrected chi connectivity index (χ2v) is 16.9. The molecular weight excluding hydrogens is 929 g/mol. The number of halogens is 4. The molecule has 1 fully saturated rings. The van der Waals surface area contributed by atoms with Crippen molar-refractivity contribution < 1.29 is 50.6 Å². The van der Waals surface area contributed by atoms with Gasteiger partial charge in [0, 0.05) is 48.7 Å². The standard InChI is InChI=1S/C51H58F4N8O8/c1-35-49(36(2)71-60-35)38-12-17-48(65)62(31-38)30-37-7-4-8-41(29-37)70-33-47(64)57-20-22-66-23-24-67-25-26-68-27-28-69-40-15-13-39(14-16-40)56-19-6-11-46-59-50-44(58-43-18-21-61(3)32-42(43)52)9-5-10-45(50)63(46)34-51(53,54)55/h4-5,7-10,12-17,29,31,42-43,56,58H,18-28,30,32-34H2,1-3H3,(H,57,64)/t42-,43+/m0/s1. The van der Waals surface area contributed by atoms with Crippen LogP contribution in [0.25, 0.3) is 22.2 Å². The predicted molar refractivity (Wildman–Crippen MR) is 260 cm³/mol. The number of piperidine rings is 1. The fourth-order valence-electron chi connectivity index (χ4n) is 7.91. The van der Waals surface area contributed by atoms with Crippen molar-refractivity contribution in [3.05, 3.63) is 118 Å². The predicted octanol–water partition coefficient (Wildman–Crippen LogP) is 6.62. The second-order valence-electron chi connectivity index (χ2n) is 16.9. The normalized spacial score (nSPS) is 15.0. The molecule has 2 atom stereocenters. The van der Waals surface area contributed by atoms with Crippen LogP contribution in [0.4, 0.5) is 28.9 Å². The number of imidazole rings is 1. The maximum absolute atomic E-state index is 14.8. The van der Waals surface area contributed by atoms with Crippen LogP contribution in [0.3, 0.4) is 0 Å². The molecule has 3 N–H and O–H groups in total. The summed E-state index contributed by atoms with van der Waals surface area (Å²) in [6.45, 7) is 6.36. The molecule has 1 aliphatic rings. The van der Waals surface area contributed by atoms with Gasteiger partial charge in [0.05, 0.1) is 75.7 Å². The van der Waals surface area contributed by atoms with Crippen LogP contribution in [0.2, 0.25) is 0 Å². The van der Waals surface area contributed by atoms with E-state index in [1.165, 1.54) is 6.07 Å². The van der Waals surface area contributed by atoms with Crippen molar-refractivity contribution in [2.45, 2.75) is 51.7 Å². The van der Waals surface area contributed by atoms with Gasteiger partial charge in [0.2, 0.25) is 0 Å². The number of alkyl halides is 4. The first kappa shape index (κ1) is 51.9. The van der Waals surface area contributed by atoms with Crippen molar-refractivity contribution in [2.75, 3.05) is 96.7 Å². The Hall–Kier alpha value is -6.92. The van der Waals surface area contributed by atoms with Crippen molar-refractivity contribution in [2.24, 2.45) is 0 Å². The minimum Gasteiger partial charge on any atom is -0.491 e. The van der Waals surface area contributed by atoms with E-state index in [1.54, 1.807) is 71.4 Å². The van der Waals surface area contributed by atoms with Crippen LogP contribution in [0.5, 0.6) is 11.5 Å². The molecule has 0 aliphatic carbocycles. The molecule has 6 aromatic rings. The largest absolute Gasteiger partial charge is 0.491 e. The summed E-state index contributed by atoms with van der Waals surface area (Å²) in [4.78, 5) is 31.4. The number of anilines is 2. The minimum absolute atomic E-state index is 0.0361. The summed E-state index contributed by atoms with van der Waals surface area (Å²) >= 11 is 0. The molecule has 0 bridgehead atoms. The zero-order valence-corrected chi connectivity index (χ0v) is 39.9. The van der Waals surface area contributed by atoms with Gasteiger partial charge in [0.15, 0.2) is 12.4 Å². The fraction of sp³-hybridized carbons (Fsp3) is 0.412. The molecule has 378 valence electrons. The van der Waals surface area contributed by atoms with Gasteiger partial charge in [-0.25, -0.2) is 9.37 Å². The highest BCUT2D eigenvalue weighted by Gasteiger charge is 2.32. The zero-order valence-electron chi connectivity index (χ0n) is 39.9. The first-order chi connectivity index (χ1) is 34.3. The van der Waals surface area contributed by atoms with E-state index in [0.717, 1.165) is 32.6 Å². The quantitative estimate of drug-likeness (QED) is 0.0337. The number of aromatic nitrogens is 4. The fourth-order valence-corrected chi connectivity index (χ4v) is 7.91. The second kappa shape index (κ2) is 25.3. The molecule has 1 amide bonds. The Balaban J connectivity index is 0.718. The summed E-state index contributed by atoms with van der Waals surface area (Å²) in [5.74, 6) is 7.14. The highest BCUT2D eigenvalue weighted by molar-refractivity contribution is 5.89. The Morgan fingerprint density at radius 2 is 1.65 bits per heavy atom. The first-order valence-electron chi connectivity index (χ1n) is 23.3. The summed E-state index contributed by atoms with van der Waals surface area (Å²) in [6, 6.07) is 22.1. The summed E-state index contributed by atoms with van der Waals surface area (Å²) < 4.78 is 91.8. The third-order valence-corrected chi connectivity index (χ3v) is 11.4. The van der Waals surface area contributed by atoms with Crippen molar-refractivity contribution in [3.63, 3.8) is 0 Å². The van der Waals surface area contributed by atoms with E-state index in [9.17, 15) is 27.2 Å². The van der Waals surface area contributed by atoms with Crippen LogP contribution in [-0.4, -0.2) is 135 Å². The number of carbonyl (C=O) groups is 1. The van der Waals surface area contributed by atoms with Gasteiger partial charge < -0.3 is 58.2 Å². The van der Waals surface area contributed by atoms with Gasteiger partial charge in [-0.2, -0.15) is 13.2 Å². The van der Waals surface area contributed by atoms with Crippen LogP contribution in [0, 0.1) is 25.7 Å². The van der Waals surface area contributed by atoms with Gasteiger partial charge >= 0.3 is 6.18 Å². The highest BCUT2D eigenvalue weighted by Crippen LogP contribution is 2.30. The van der Waals surface area contributed by atoms with E-state index in [1.807, 2.05) is 37.9 Å². The van der Waals surface area contributed by atoms with Crippen LogP contribution in [0.15, 0.2) is 94.4 Å². The van der Waals surface area contributed by atoms with Crippen molar-refractivity contribution in [1.29, 1.82) is 0 Å².